The van der Waals surface area contributed by atoms with Crippen molar-refractivity contribution >= 4 is 11.8 Å². The molecule has 0 spiro atoms. The Bertz CT molecular complexity index is 770. The Morgan fingerprint density at radius 1 is 1.00 bits per heavy atom. The minimum atomic E-state index is 0.794. The third-order valence-electron chi connectivity index (χ3n) is 4.86. The SMILES string of the molecule is C[N+](C)=C/C=C1/CCCc2cc(OCCCCc3ccccc3)ccc21. The quantitative estimate of drug-likeness (QED) is 0.383. The van der Waals surface area contributed by atoms with E-state index in [-0.39, 0.29) is 0 Å². The molecule has 2 aromatic rings. The van der Waals surface area contributed by atoms with E-state index in [4.69, 9.17) is 4.74 Å². The number of benzene rings is 2. The van der Waals surface area contributed by atoms with Crippen LogP contribution in [0, 0.1) is 0 Å². The second-order valence-corrected chi connectivity index (χ2v) is 7.27. The molecule has 0 unspecified atom stereocenters. The summed E-state index contributed by atoms with van der Waals surface area (Å²) in [6.07, 6.45) is 11.3. The molecule has 0 N–H and O–H groups in total. The van der Waals surface area contributed by atoms with Crippen molar-refractivity contribution in [2.24, 2.45) is 0 Å². The summed E-state index contributed by atoms with van der Waals surface area (Å²) in [4.78, 5) is 0. The van der Waals surface area contributed by atoms with Crippen LogP contribution in [0.4, 0.5) is 0 Å². The van der Waals surface area contributed by atoms with Gasteiger partial charge in [0, 0.05) is 6.08 Å². The van der Waals surface area contributed by atoms with Crippen molar-refractivity contribution in [3.63, 3.8) is 0 Å². The van der Waals surface area contributed by atoms with E-state index in [2.05, 4.69) is 79.5 Å². The number of hydrogen-bond donors (Lipinski definition) is 0. The Kier molecular flexibility index (Phi) is 6.65. The Morgan fingerprint density at radius 3 is 2.65 bits per heavy atom. The van der Waals surface area contributed by atoms with Gasteiger partial charge in [-0.25, -0.2) is 4.58 Å². The van der Waals surface area contributed by atoms with Gasteiger partial charge in [0.15, 0.2) is 6.21 Å². The fraction of sp³-hybridized carbons (Fsp3) is 0.375. The maximum atomic E-state index is 6.01. The molecule has 2 nitrogen and oxygen atoms in total. The molecule has 0 radical (unpaired) electrons. The summed E-state index contributed by atoms with van der Waals surface area (Å²) in [6, 6.07) is 17.3. The van der Waals surface area contributed by atoms with E-state index < -0.39 is 0 Å². The lowest BCUT2D eigenvalue weighted by Gasteiger charge is -2.19. The van der Waals surface area contributed by atoms with Gasteiger partial charge in [-0.15, -0.1) is 0 Å². The number of rotatable bonds is 7. The van der Waals surface area contributed by atoms with Gasteiger partial charge >= 0.3 is 0 Å². The number of hydrogen-bond acceptors (Lipinski definition) is 1. The summed E-state index contributed by atoms with van der Waals surface area (Å²) in [5, 5.41) is 0. The molecule has 1 aliphatic carbocycles. The molecule has 0 atom stereocenters. The lowest BCUT2D eigenvalue weighted by Crippen LogP contribution is -2.05. The second-order valence-electron chi connectivity index (χ2n) is 7.27. The minimum absolute atomic E-state index is 0.794. The second kappa shape index (κ2) is 9.38. The van der Waals surface area contributed by atoms with Crippen LogP contribution in [-0.2, 0) is 12.8 Å². The van der Waals surface area contributed by atoms with Gasteiger partial charge in [0.25, 0.3) is 0 Å². The van der Waals surface area contributed by atoms with Gasteiger partial charge in [0.1, 0.15) is 19.8 Å². The molecular weight excluding hydrogens is 318 g/mol. The zero-order valence-electron chi connectivity index (χ0n) is 16.1. The normalized spacial score (nSPS) is 14.8. The first kappa shape index (κ1) is 18.4. The van der Waals surface area contributed by atoms with Crippen molar-refractivity contribution in [2.45, 2.75) is 38.5 Å². The average molecular weight is 349 g/mol. The van der Waals surface area contributed by atoms with Gasteiger partial charge in [-0.1, -0.05) is 36.4 Å². The highest BCUT2D eigenvalue weighted by Gasteiger charge is 2.14. The van der Waals surface area contributed by atoms with E-state index in [1.54, 1.807) is 0 Å². The maximum Gasteiger partial charge on any atom is 0.163 e. The van der Waals surface area contributed by atoms with E-state index in [1.807, 2.05) is 0 Å². The summed E-state index contributed by atoms with van der Waals surface area (Å²) in [6.45, 7) is 0.794. The van der Waals surface area contributed by atoms with Crippen molar-refractivity contribution < 1.29 is 9.31 Å². The van der Waals surface area contributed by atoms with Crippen molar-refractivity contribution in [3.8, 4) is 5.75 Å². The smallest absolute Gasteiger partial charge is 0.163 e. The molecule has 0 amide bonds. The fourth-order valence-electron chi connectivity index (χ4n) is 3.46. The van der Waals surface area contributed by atoms with Crippen LogP contribution in [-0.4, -0.2) is 31.5 Å². The van der Waals surface area contributed by atoms with Crippen LogP contribution >= 0.6 is 0 Å². The van der Waals surface area contributed by atoms with E-state index >= 15 is 0 Å². The van der Waals surface area contributed by atoms with Gasteiger partial charge in [0.2, 0.25) is 0 Å². The van der Waals surface area contributed by atoms with Crippen molar-refractivity contribution in [2.75, 3.05) is 20.7 Å². The molecule has 2 aromatic carbocycles. The Labute approximate surface area is 157 Å². The van der Waals surface area contributed by atoms with Crippen LogP contribution < -0.4 is 4.74 Å². The van der Waals surface area contributed by atoms with Gasteiger partial charge in [-0.05, 0) is 72.9 Å². The molecule has 136 valence electrons. The number of fused-ring (bicyclic) bond motifs is 1. The highest BCUT2D eigenvalue weighted by molar-refractivity contribution is 5.84. The molecular formula is C24H30NO+. The predicted molar refractivity (Wildman–Crippen MR) is 110 cm³/mol. The van der Waals surface area contributed by atoms with Gasteiger partial charge in [-0.3, -0.25) is 0 Å². The Hall–Kier alpha value is -2.35. The summed E-state index contributed by atoms with van der Waals surface area (Å²) in [5.41, 5.74) is 5.67. The summed E-state index contributed by atoms with van der Waals surface area (Å²) >= 11 is 0. The van der Waals surface area contributed by atoms with Gasteiger partial charge in [-0.2, -0.15) is 0 Å². The van der Waals surface area contributed by atoms with Crippen LogP contribution in [0.3, 0.4) is 0 Å². The van der Waals surface area contributed by atoms with Crippen molar-refractivity contribution in [1.29, 1.82) is 0 Å². The molecule has 0 aromatic heterocycles. The molecule has 26 heavy (non-hydrogen) atoms. The Balaban J connectivity index is 1.52. The van der Waals surface area contributed by atoms with Crippen LogP contribution in [0.1, 0.15) is 42.4 Å². The van der Waals surface area contributed by atoms with Crippen molar-refractivity contribution in [3.05, 3.63) is 71.3 Å². The van der Waals surface area contributed by atoms with E-state index in [9.17, 15) is 0 Å². The maximum absolute atomic E-state index is 6.01. The summed E-state index contributed by atoms with van der Waals surface area (Å²) < 4.78 is 8.10. The third kappa shape index (κ3) is 5.32. The lowest BCUT2D eigenvalue weighted by molar-refractivity contribution is -0.458. The molecule has 0 heterocycles. The Morgan fingerprint density at radius 2 is 1.85 bits per heavy atom. The first-order valence-corrected chi connectivity index (χ1v) is 9.73. The predicted octanol–water partition coefficient (Wildman–Crippen LogP) is 5.15. The lowest BCUT2D eigenvalue weighted by atomic mass is 9.87. The van der Waals surface area contributed by atoms with E-state index in [1.165, 1.54) is 35.1 Å². The summed E-state index contributed by atoms with van der Waals surface area (Å²) in [7, 11) is 4.13. The molecule has 0 aliphatic heterocycles. The highest BCUT2D eigenvalue weighted by Crippen LogP contribution is 2.32. The number of allylic oxidation sites excluding steroid dienone is 2. The molecule has 3 rings (SSSR count). The van der Waals surface area contributed by atoms with Crippen LogP contribution in [0.5, 0.6) is 5.75 Å². The van der Waals surface area contributed by atoms with Crippen LogP contribution in [0.25, 0.3) is 5.57 Å². The molecule has 0 saturated heterocycles. The van der Waals surface area contributed by atoms with Gasteiger partial charge in [0.05, 0.1) is 6.61 Å². The van der Waals surface area contributed by atoms with Gasteiger partial charge < -0.3 is 4.74 Å². The first-order valence-electron chi connectivity index (χ1n) is 9.73. The minimum Gasteiger partial charge on any atom is -0.494 e. The fourth-order valence-corrected chi connectivity index (χ4v) is 3.46. The van der Waals surface area contributed by atoms with E-state index in [0.717, 1.165) is 38.0 Å². The largest absolute Gasteiger partial charge is 0.494 e. The standard InChI is InChI=1S/C24H30NO/c1-25(2)17-16-21-12-8-13-22-19-23(14-15-24(21)22)26-18-7-6-11-20-9-4-3-5-10-20/h3-5,9-10,14-17,19H,6-8,11-13,18H2,1-2H3/q+1/b21-16-. The monoisotopic (exact) mass is 348 g/mol. The number of nitrogens with zero attached hydrogens (tertiary/aromatic N) is 1. The number of aryl methyl sites for hydroxylation is 2. The topological polar surface area (TPSA) is 12.2 Å². The summed E-state index contributed by atoms with van der Waals surface area (Å²) in [5.74, 6) is 1.02. The van der Waals surface area contributed by atoms with E-state index in [0.29, 0.717) is 0 Å². The molecule has 0 fully saturated rings. The van der Waals surface area contributed by atoms with Crippen molar-refractivity contribution in [1.82, 2.24) is 0 Å². The average Bonchev–Trinajstić information content (AvgIpc) is 2.66. The highest BCUT2D eigenvalue weighted by atomic mass is 16.5. The van der Waals surface area contributed by atoms with Crippen LogP contribution in [0.15, 0.2) is 54.6 Å². The molecule has 1 aliphatic rings. The number of unbranched alkanes of at least 4 members (excludes halogenated alkanes) is 1. The number of ether oxygens (including phenoxy) is 1. The molecule has 2 heteroatoms. The zero-order chi connectivity index (χ0) is 18.2. The first-order chi connectivity index (χ1) is 12.7. The molecule has 0 bridgehead atoms. The van der Waals surface area contributed by atoms with Crippen LogP contribution in [0.2, 0.25) is 0 Å². The molecule has 0 saturated carbocycles. The zero-order valence-corrected chi connectivity index (χ0v) is 16.1. The third-order valence-corrected chi connectivity index (χ3v) is 4.86.